The standard InChI is InChI=1S/C17H12I2O5/c18-13-5-1-11(2-6-13)16(21)23-9-15(20)10-24-17(22)12-3-7-14(19)8-4-12/h1-8H,9-10H2. The van der Waals surface area contributed by atoms with Crippen molar-refractivity contribution in [3.8, 4) is 0 Å². The third-order valence-corrected chi connectivity index (χ3v) is 4.33. The predicted molar refractivity (Wildman–Crippen MR) is 104 cm³/mol. The first-order chi connectivity index (χ1) is 11.5. The monoisotopic (exact) mass is 550 g/mol. The van der Waals surface area contributed by atoms with Crippen LogP contribution in [0.25, 0.3) is 0 Å². The molecule has 0 saturated heterocycles. The van der Waals surface area contributed by atoms with Crippen LogP contribution in [-0.2, 0) is 14.3 Å². The Balaban J connectivity index is 1.77. The maximum Gasteiger partial charge on any atom is 0.338 e. The van der Waals surface area contributed by atoms with Crippen molar-refractivity contribution in [2.24, 2.45) is 0 Å². The zero-order chi connectivity index (χ0) is 17.5. The largest absolute Gasteiger partial charge is 0.454 e. The van der Waals surface area contributed by atoms with Crippen LogP contribution in [0.15, 0.2) is 48.5 Å². The van der Waals surface area contributed by atoms with E-state index in [0.717, 1.165) is 7.14 Å². The fourth-order valence-electron chi connectivity index (χ4n) is 1.67. The van der Waals surface area contributed by atoms with Gasteiger partial charge < -0.3 is 9.47 Å². The van der Waals surface area contributed by atoms with Crippen molar-refractivity contribution < 1.29 is 23.9 Å². The molecule has 2 aromatic rings. The Morgan fingerprint density at radius 1 is 0.667 bits per heavy atom. The van der Waals surface area contributed by atoms with Gasteiger partial charge >= 0.3 is 11.9 Å². The third-order valence-electron chi connectivity index (χ3n) is 2.89. The number of benzene rings is 2. The minimum Gasteiger partial charge on any atom is -0.454 e. The maximum absolute atomic E-state index is 11.8. The number of carbonyl (C=O) groups is 3. The minimum atomic E-state index is -0.594. The van der Waals surface area contributed by atoms with Crippen molar-refractivity contribution in [1.29, 1.82) is 0 Å². The Morgan fingerprint density at radius 3 is 1.33 bits per heavy atom. The molecule has 0 atom stereocenters. The Hall–Kier alpha value is -1.49. The molecule has 2 rings (SSSR count). The molecule has 0 amide bonds. The maximum atomic E-state index is 11.8. The van der Waals surface area contributed by atoms with Crippen LogP contribution in [0.5, 0.6) is 0 Å². The van der Waals surface area contributed by atoms with E-state index in [-0.39, 0.29) is 0 Å². The van der Waals surface area contributed by atoms with Crippen molar-refractivity contribution >= 4 is 62.9 Å². The summed E-state index contributed by atoms with van der Waals surface area (Å²) in [4.78, 5) is 35.2. The molecule has 2 aromatic carbocycles. The zero-order valence-corrected chi connectivity index (χ0v) is 16.6. The number of ether oxygens (including phenoxy) is 2. The molecular formula is C17H12I2O5. The van der Waals surface area contributed by atoms with Gasteiger partial charge in [-0.15, -0.1) is 0 Å². The molecule has 7 heteroatoms. The quantitative estimate of drug-likeness (QED) is 0.408. The van der Waals surface area contributed by atoms with Crippen molar-refractivity contribution in [3.05, 3.63) is 66.8 Å². The molecule has 5 nitrogen and oxygen atoms in total. The first-order valence-corrected chi connectivity index (χ1v) is 8.98. The van der Waals surface area contributed by atoms with Gasteiger partial charge in [0.1, 0.15) is 0 Å². The zero-order valence-electron chi connectivity index (χ0n) is 12.3. The number of Topliss-reactive ketones (excluding diaryl/α,β-unsaturated/α-hetero) is 1. The first-order valence-electron chi connectivity index (χ1n) is 6.83. The highest BCUT2D eigenvalue weighted by Gasteiger charge is 2.13. The summed E-state index contributed by atoms with van der Waals surface area (Å²) >= 11 is 4.24. The summed E-state index contributed by atoms with van der Waals surface area (Å²) in [5.74, 6) is -1.68. The fraction of sp³-hybridized carbons (Fsp3) is 0.118. The topological polar surface area (TPSA) is 69.7 Å². The summed E-state index contributed by atoms with van der Waals surface area (Å²) in [7, 11) is 0. The van der Waals surface area contributed by atoms with Crippen LogP contribution in [0.4, 0.5) is 0 Å². The van der Waals surface area contributed by atoms with E-state index in [2.05, 4.69) is 45.2 Å². The molecule has 0 unspecified atom stereocenters. The van der Waals surface area contributed by atoms with Crippen molar-refractivity contribution in [2.75, 3.05) is 13.2 Å². The van der Waals surface area contributed by atoms with Gasteiger partial charge in [0.15, 0.2) is 13.2 Å². The van der Waals surface area contributed by atoms with Crippen LogP contribution >= 0.6 is 45.2 Å². The van der Waals surface area contributed by atoms with Gasteiger partial charge in [-0.25, -0.2) is 9.59 Å². The van der Waals surface area contributed by atoms with Crippen LogP contribution in [0.3, 0.4) is 0 Å². The molecule has 124 valence electrons. The van der Waals surface area contributed by atoms with E-state index in [1.54, 1.807) is 48.5 Å². The highest BCUT2D eigenvalue weighted by atomic mass is 127. The summed E-state index contributed by atoms with van der Waals surface area (Å²) < 4.78 is 11.8. The molecule has 0 aromatic heterocycles. The molecule has 0 aliphatic rings. The average Bonchev–Trinajstić information content (AvgIpc) is 2.58. The highest BCUT2D eigenvalue weighted by Crippen LogP contribution is 2.09. The second kappa shape index (κ2) is 9.11. The minimum absolute atomic E-state index is 0.360. The van der Waals surface area contributed by atoms with Gasteiger partial charge in [0.25, 0.3) is 0 Å². The van der Waals surface area contributed by atoms with Gasteiger partial charge in [-0.2, -0.15) is 0 Å². The van der Waals surface area contributed by atoms with Gasteiger partial charge in [0, 0.05) is 7.14 Å². The van der Waals surface area contributed by atoms with E-state index in [4.69, 9.17) is 9.47 Å². The average molecular weight is 550 g/mol. The molecule has 0 aliphatic heterocycles. The van der Waals surface area contributed by atoms with Crippen LogP contribution in [0, 0.1) is 7.14 Å². The number of halogens is 2. The van der Waals surface area contributed by atoms with Gasteiger partial charge in [-0.3, -0.25) is 4.79 Å². The Morgan fingerprint density at radius 2 is 1.00 bits per heavy atom. The van der Waals surface area contributed by atoms with Crippen LogP contribution in [-0.4, -0.2) is 30.9 Å². The number of carbonyl (C=O) groups excluding carboxylic acids is 3. The lowest BCUT2D eigenvalue weighted by Crippen LogP contribution is -2.20. The lowest BCUT2D eigenvalue weighted by molar-refractivity contribution is -0.125. The van der Waals surface area contributed by atoms with Gasteiger partial charge in [-0.05, 0) is 93.7 Å². The number of hydrogen-bond acceptors (Lipinski definition) is 5. The van der Waals surface area contributed by atoms with E-state index < -0.39 is 30.9 Å². The molecule has 0 saturated carbocycles. The predicted octanol–water partition coefficient (Wildman–Crippen LogP) is 3.48. The number of esters is 2. The second-order valence-corrected chi connectivity index (χ2v) is 7.20. The number of ketones is 1. The second-order valence-electron chi connectivity index (χ2n) is 4.70. The Kier molecular flexibility index (Phi) is 7.16. The van der Waals surface area contributed by atoms with E-state index in [1.165, 1.54) is 0 Å². The summed E-state index contributed by atoms with van der Waals surface area (Å²) in [6.07, 6.45) is 0. The van der Waals surface area contributed by atoms with Crippen LogP contribution in [0.2, 0.25) is 0 Å². The lowest BCUT2D eigenvalue weighted by Gasteiger charge is -2.06. The van der Waals surface area contributed by atoms with E-state index in [1.807, 2.05) is 0 Å². The Bertz CT molecular complexity index is 675. The fourth-order valence-corrected chi connectivity index (χ4v) is 2.39. The molecular weight excluding hydrogens is 538 g/mol. The van der Waals surface area contributed by atoms with Crippen LogP contribution < -0.4 is 0 Å². The summed E-state index contributed by atoms with van der Waals surface area (Å²) in [6, 6.07) is 13.5. The molecule has 0 spiro atoms. The molecule has 0 aliphatic carbocycles. The molecule has 24 heavy (non-hydrogen) atoms. The highest BCUT2D eigenvalue weighted by molar-refractivity contribution is 14.1. The first kappa shape index (κ1) is 18.8. The number of hydrogen-bond donors (Lipinski definition) is 0. The van der Waals surface area contributed by atoms with E-state index in [9.17, 15) is 14.4 Å². The van der Waals surface area contributed by atoms with E-state index >= 15 is 0 Å². The molecule has 0 fully saturated rings. The lowest BCUT2D eigenvalue weighted by atomic mass is 10.2. The summed E-state index contributed by atoms with van der Waals surface area (Å²) in [6.45, 7) is -0.879. The smallest absolute Gasteiger partial charge is 0.338 e. The normalized spacial score (nSPS) is 10.1. The van der Waals surface area contributed by atoms with Gasteiger partial charge in [-0.1, -0.05) is 0 Å². The van der Waals surface area contributed by atoms with Crippen molar-refractivity contribution in [2.45, 2.75) is 0 Å². The Labute approximate surface area is 166 Å². The van der Waals surface area contributed by atoms with E-state index in [0.29, 0.717) is 11.1 Å². The van der Waals surface area contributed by atoms with Crippen molar-refractivity contribution in [1.82, 2.24) is 0 Å². The van der Waals surface area contributed by atoms with Crippen molar-refractivity contribution in [3.63, 3.8) is 0 Å². The summed E-state index contributed by atoms with van der Waals surface area (Å²) in [5, 5.41) is 0. The summed E-state index contributed by atoms with van der Waals surface area (Å²) in [5.41, 5.74) is 0.721. The molecule has 0 bridgehead atoms. The van der Waals surface area contributed by atoms with Crippen LogP contribution in [0.1, 0.15) is 20.7 Å². The van der Waals surface area contributed by atoms with Gasteiger partial charge in [0.05, 0.1) is 11.1 Å². The third kappa shape index (κ3) is 5.86. The van der Waals surface area contributed by atoms with Gasteiger partial charge in [0.2, 0.25) is 5.78 Å². The molecule has 0 heterocycles. The molecule has 0 radical (unpaired) electrons. The number of rotatable bonds is 6. The molecule has 0 N–H and O–H groups in total. The SMILES string of the molecule is O=C(COC(=O)c1ccc(I)cc1)COC(=O)c1ccc(I)cc1.